The zero-order valence-electron chi connectivity index (χ0n) is 13.3. The molecule has 1 rings (SSSR count). The van der Waals surface area contributed by atoms with Gasteiger partial charge in [-0.3, -0.25) is 4.79 Å². The lowest BCUT2D eigenvalue weighted by Crippen LogP contribution is -2.34. The normalized spacial score (nSPS) is 23.0. The van der Waals surface area contributed by atoms with Crippen molar-refractivity contribution in [3.05, 3.63) is 0 Å². The summed E-state index contributed by atoms with van der Waals surface area (Å²) in [6.45, 7) is 9.88. The first kappa shape index (κ1) is 17.4. The quantitative estimate of drug-likeness (QED) is 0.711. The molecular weight excluding hydrogens is 256 g/mol. The van der Waals surface area contributed by atoms with E-state index in [-0.39, 0.29) is 12.0 Å². The Morgan fingerprint density at radius 3 is 2.60 bits per heavy atom. The van der Waals surface area contributed by atoms with Crippen LogP contribution in [0, 0.1) is 11.8 Å². The summed E-state index contributed by atoms with van der Waals surface area (Å²) < 4.78 is 11.1. The first-order valence-corrected chi connectivity index (χ1v) is 7.62. The molecule has 0 aromatic carbocycles. The summed E-state index contributed by atoms with van der Waals surface area (Å²) >= 11 is 0. The lowest BCUT2D eigenvalue weighted by atomic mass is 9.88. The Morgan fingerprint density at radius 1 is 1.40 bits per heavy atom. The maximum Gasteiger partial charge on any atom is 0.220 e. The third kappa shape index (κ3) is 6.20. The molecule has 0 radical (unpaired) electrons. The summed E-state index contributed by atoms with van der Waals surface area (Å²) in [5, 5.41) is 2.92. The van der Waals surface area contributed by atoms with Crippen molar-refractivity contribution in [3.8, 4) is 0 Å². The van der Waals surface area contributed by atoms with Crippen molar-refractivity contribution in [2.75, 3.05) is 19.7 Å². The second-order valence-corrected chi connectivity index (χ2v) is 6.37. The molecule has 118 valence electrons. The zero-order valence-corrected chi connectivity index (χ0v) is 13.3. The maximum atomic E-state index is 11.9. The van der Waals surface area contributed by atoms with Gasteiger partial charge >= 0.3 is 0 Å². The molecule has 0 aliphatic carbocycles. The number of rotatable bonds is 8. The molecule has 0 aromatic heterocycles. The minimum absolute atomic E-state index is 0.0427. The van der Waals surface area contributed by atoms with Crippen LogP contribution in [0.3, 0.4) is 0 Å². The predicted molar refractivity (Wildman–Crippen MR) is 79.1 cm³/mol. The van der Waals surface area contributed by atoms with Gasteiger partial charge in [-0.25, -0.2) is 0 Å². The number of nitrogens with one attached hydrogen (secondary N) is 1. The second kappa shape index (κ2) is 7.96. The number of nitrogens with two attached hydrogens (primary N) is 1. The van der Waals surface area contributed by atoms with Crippen molar-refractivity contribution in [2.24, 2.45) is 17.6 Å². The number of amides is 1. The number of ether oxygens (including phenoxy) is 2. The fourth-order valence-corrected chi connectivity index (χ4v) is 2.52. The van der Waals surface area contributed by atoms with Gasteiger partial charge in [-0.05, 0) is 45.1 Å². The summed E-state index contributed by atoms with van der Waals surface area (Å²) in [5.74, 6) is 0.648. The first-order chi connectivity index (χ1) is 9.34. The van der Waals surface area contributed by atoms with Crippen molar-refractivity contribution in [2.45, 2.75) is 58.8 Å². The van der Waals surface area contributed by atoms with Crippen LogP contribution in [0.2, 0.25) is 0 Å². The highest BCUT2D eigenvalue weighted by atomic mass is 16.7. The van der Waals surface area contributed by atoms with Gasteiger partial charge in [-0.2, -0.15) is 0 Å². The van der Waals surface area contributed by atoms with E-state index in [0.29, 0.717) is 38.0 Å². The number of hydrogen-bond donors (Lipinski definition) is 2. The lowest BCUT2D eigenvalue weighted by molar-refractivity contribution is -0.139. The summed E-state index contributed by atoms with van der Waals surface area (Å²) in [5.41, 5.74) is 5.61. The van der Waals surface area contributed by atoms with Crippen LogP contribution in [-0.2, 0) is 14.3 Å². The molecule has 1 fully saturated rings. The Bertz CT molecular complexity index is 305. The zero-order chi connectivity index (χ0) is 15.2. The third-order valence-electron chi connectivity index (χ3n) is 3.82. The standard InChI is InChI=1S/C15H30N2O3/c1-11(2)12(7-8-16)5-6-14(18)17-9-13-10-19-15(3,4)20-13/h11-13H,5-10,16H2,1-4H3,(H,17,18). The molecule has 3 N–H and O–H groups in total. The van der Waals surface area contributed by atoms with E-state index in [2.05, 4.69) is 19.2 Å². The molecule has 2 atom stereocenters. The van der Waals surface area contributed by atoms with E-state index >= 15 is 0 Å². The van der Waals surface area contributed by atoms with Crippen molar-refractivity contribution in [3.63, 3.8) is 0 Å². The highest BCUT2D eigenvalue weighted by molar-refractivity contribution is 5.75. The van der Waals surface area contributed by atoms with Gasteiger partial charge in [0, 0.05) is 13.0 Å². The molecule has 0 aromatic rings. The molecule has 0 bridgehead atoms. The van der Waals surface area contributed by atoms with Crippen LogP contribution < -0.4 is 11.1 Å². The first-order valence-electron chi connectivity index (χ1n) is 7.62. The van der Waals surface area contributed by atoms with Crippen molar-refractivity contribution in [1.29, 1.82) is 0 Å². The Morgan fingerprint density at radius 2 is 2.10 bits per heavy atom. The largest absolute Gasteiger partial charge is 0.353 e. The van der Waals surface area contributed by atoms with Crippen molar-refractivity contribution < 1.29 is 14.3 Å². The minimum atomic E-state index is -0.529. The van der Waals surface area contributed by atoms with E-state index in [1.54, 1.807) is 0 Å². The number of carbonyl (C=O) groups excluding carboxylic acids is 1. The van der Waals surface area contributed by atoms with Crippen LogP contribution in [0.1, 0.15) is 47.0 Å². The van der Waals surface area contributed by atoms with Crippen LogP contribution in [0.15, 0.2) is 0 Å². The van der Waals surface area contributed by atoms with E-state index in [4.69, 9.17) is 15.2 Å². The molecule has 1 aliphatic heterocycles. The summed E-state index contributed by atoms with van der Waals surface area (Å²) in [7, 11) is 0. The number of carbonyl (C=O) groups is 1. The van der Waals surface area contributed by atoms with Crippen LogP contribution in [0.25, 0.3) is 0 Å². The van der Waals surface area contributed by atoms with Gasteiger partial charge in [0.2, 0.25) is 5.91 Å². The highest BCUT2D eigenvalue weighted by Crippen LogP contribution is 2.22. The SMILES string of the molecule is CC(C)C(CCN)CCC(=O)NCC1COC(C)(C)O1. The fraction of sp³-hybridized carbons (Fsp3) is 0.933. The Kier molecular flexibility index (Phi) is 6.92. The van der Waals surface area contributed by atoms with Gasteiger partial charge in [0.05, 0.1) is 6.61 Å². The smallest absolute Gasteiger partial charge is 0.220 e. The van der Waals surface area contributed by atoms with Crippen molar-refractivity contribution >= 4 is 5.91 Å². The molecule has 1 saturated heterocycles. The van der Waals surface area contributed by atoms with Gasteiger partial charge in [0.1, 0.15) is 6.10 Å². The topological polar surface area (TPSA) is 73.6 Å². The second-order valence-electron chi connectivity index (χ2n) is 6.37. The van der Waals surface area contributed by atoms with E-state index in [1.807, 2.05) is 13.8 Å². The molecule has 0 spiro atoms. The van der Waals surface area contributed by atoms with Crippen LogP contribution in [0.5, 0.6) is 0 Å². The molecule has 2 unspecified atom stereocenters. The third-order valence-corrected chi connectivity index (χ3v) is 3.82. The molecule has 1 aliphatic rings. The number of hydrogen-bond acceptors (Lipinski definition) is 4. The van der Waals surface area contributed by atoms with E-state index in [0.717, 1.165) is 12.8 Å². The minimum Gasteiger partial charge on any atom is -0.353 e. The molecule has 20 heavy (non-hydrogen) atoms. The Hall–Kier alpha value is -0.650. The van der Waals surface area contributed by atoms with E-state index in [1.165, 1.54) is 0 Å². The maximum absolute atomic E-state index is 11.9. The predicted octanol–water partition coefficient (Wildman–Crippen LogP) is 1.66. The van der Waals surface area contributed by atoms with E-state index < -0.39 is 5.79 Å². The molecule has 1 heterocycles. The van der Waals surface area contributed by atoms with E-state index in [9.17, 15) is 4.79 Å². The van der Waals surface area contributed by atoms with Gasteiger partial charge in [0.15, 0.2) is 5.79 Å². The molecular formula is C15H30N2O3. The monoisotopic (exact) mass is 286 g/mol. The molecule has 5 heteroatoms. The summed E-state index contributed by atoms with van der Waals surface area (Å²) in [6.07, 6.45) is 2.39. The van der Waals surface area contributed by atoms with Gasteiger partial charge < -0.3 is 20.5 Å². The van der Waals surface area contributed by atoms with Crippen LogP contribution in [0.4, 0.5) is 0 Å². The van der Waals surface area contributed by atoms with Gasteiger partial charge in [-0.1, -0.05) is 13.8 Å². The van der Waals surface area contributed by atoms with Crippen molar-refractivity contribution in [1.82, 2.24) is 5.32 Å². The van der Waals surface area contributed by atoms with Crippen LogP contribution >= 0.6 is 0 Å². The lowest BCUT2D eigenvalue weighted by Gasteiger charge is -2.20. The van der Waals surface area contributed by atoms with Gasteiger partial charge in [0.25, 0.3) is 0 Å². The fourth-order valence-electron chi connectivity index (χ4n) is 2.52. The Balaban J connectivity index is 2.20. The molecule has 0 saturated carbocycles. The average Bonchev–Trinajstić information content (AvgIpc) is 2.71. The molecule has 1 amide bonds. The average molecular weight is 286 g/mol. The Labute approximate surface area is 122 Å². The summed E-state index contributed by atoms with van der Waals surface area (Å²) in [6, 6.07) is 0. The summed E-state index contributed by atoms with van der Waals surface area (Å²) in [4.78, 5) is 11.9. The van der Waals surface area contributed by atoms with Gasteiger partial charge in [-0.15, -0.1) is 0 Å². The highest BCUT2D eigenvalue weighted by Gasteiger charge is 2.32. The van der Waals surface area contributed by atoms with Crippen LogP contribution in [-0.4, -0.2) is 37.5 Å². The molecule has 5 nitrogen and oxygen atoms in total.